The highest BCUT2D eigenvalue weighted by molar-refractivity contribution is 6.46. The maximum absolute atomic E-state index is 13.1. The lowest BCUT2D eigenvalue weighted by Gasteiger charge is -2.25. The number of carbonyl (C=O) groups excluding carboxylic acids is 2. The quantitative estimate of drug-likeness (QED) is 0.304. The van der Waals surface area contributed by atoms with Crippen LogP contribution in [0.1, 0.15) is 22.7 Å². The lowest BCUT2D eigenvalue weighted by molar-refractivity contribution is -0.140. The molecule has 2 N–H and O–H groups in total. The fourth-order valence-electron chi connectivity index (χ4n) is 4.04. The summed E-state index contributed by atoms with van der Waals surface area (Å²) >= 11 is 0. The van der Waals surface area contributed by atoms with E-state index in [1.165, 1.54) is 4.90 Å². The number of nitrogens with one attached hydrogen (secondary N) is 1. The minimum Gasteiger partial charge on any atom is -0.507 e. The van der Waals surface area contributed by atoms with E-state index < -0.39 is 17.7 Å². The van der Waals surface area contributed by atoms with Crippen LogP contribution in [0.5, 0.6) is 0 Å². The van der Waals surface area contributed by atoms with Gasteiger partial charge in [-0.3, -0.25) is 19.6 Å². The molecule has 4 heterocycles. The number of fused-ring (bicyclic) bond motifs is 1. The molecule has 31 heavy (non-hydrogen) atoms. The fraction of sp³-hybridized carbons (Fsp3) is 0.0833. The molecule has 1 atom stereocenters. The minimum atomic E-state index is -0.739. The largest absolute Gasteiger partial charge is 0.507 e. The third-order valence-corrected chi connectivity index (χ3v) is 5.48. The van der Waals surface area contributed by atoms with Crippen molar-refractivity contribution in [3.05, 3.63) is 102 Å². The Morgan fingerprint density at radius 1 is 1.00 bits per heavy atom. The normalized spacial score (nSPS) is 18.1. The van der Waals surface area contributed by atoms with Gasteiger partial charge in [0.25, 0.3) is 11.7 Å². The van der Waals surface area contributed by atoms with Gasteiger partial charge in [0.05, 0.1) is 11.6 Å². The average molecular weight is 410 g/mol. The molecule has 0 bridgehead atoms. The molecule has 1 aromatic carbocycles. The molecule has 0 radical (unpaired) electrons. The number of hydrogen-bond donors (Lipinski definition) is 2. The molecule has 7 heteroatoms. The van der Waals surface area contributed by atoms with Gasteiger partial charge in [-0.15, -0.1) is 0 Å². The molecule has 1 saturated heterocycles. The molecule has 152 valence electrons. The summed E-state index contributed by atoms with van der Waals surface area (Å²) in [5.41, 5.74) is 2.85. The standard InChI is InChI=1S/C24H18N4O3/c29-22(18-13-27-19-6-2-1-5-17(18)19)20-21(16-7-10-25-11-8-16)28(24(31)23(20)30)14-15-4-3-9-26-12-15/h1-13,21,27,29H,14H2/b22-20-. The predicted molar refractivity (Wildman–Crippen MR) is 115 cm³/mol. The predicted octanol–water partition coefficient (Wildman–Crippen LogP) is 3.58. The first-order chi connectivity index (χ1) is 15.1. The maximum atomic E-state index is 13.1. The summed E-state index contributed by atoms with van der Waals surface area (Å²) in [5.74, 6) is -1.58. The first kappa shape index (κ1) is 18.7. The summed E-state index contributed by atoms with van der Waals surface area (Å²) in [6.07, 6.45) is 8.16. The van der Waals surface area contributed by atoms with E-state index in [0.29, 0.717) is 11.1 Å². The van der Waals surface area contributed by atoms with Gasteiger partial charge in [0.1, 0.15) is 5.76 Å². The summed E-state index contributed by atoms with van der Waals surface area (Å²) in [6.45, 7) is 0.191. The van der Waals surface area contributed by atoms with E-state index in [2.05, 4.69) is 15.0 Å². The monoisotopic (exact) mass is 410 g/mol. The second kappa shape index (κ2) is 7.53. The molecule has 4 aromatic rings. The van der Waals surface area contributed by atoms with Crippen molar-refractivity contribution in [2.45, 2.75) is 12.6 Å². The molecule has 0 aliphatic carbocycles. The van der Waals surface area contributed by atoms with Gasteiger partial charge in [-0.2, -0.15) is 0 Å². The molecular weight excluding hydrogens is 392 g/mol. The van der Waals surface area contributed by atoms with Crippen molar-refractivity contribution >= 4 is 28.4 Å². The number of carbonyl (C=O) groups is 2. The number of likely N-dealkylation sites (tertiary alicyclic amines) is 1. The number of para-hydroxylation sites is 1. The third-order valence-electron chi connectivity index (χ3n) is 5.48. The Bertz CT molecular complexity index is 1310. The smallest absolute Gasteiger partial charge is 0.295 e. The number of H-pyrrole nitrogens is 1. The van der Waals surface area contributed by atoms with E-state index >= 15 is 0 Å². The second-order valence-corrected chi connectivity index (χ2v) is 7.32. The third kappa shape index (κ3) is 3.16. The number of aliphatic hydroxyl groups excluding tert-OH is 1. The van der Waals surface area contributed by atoms with Crippen molar-refractivity contribution in [1.82, 2.24) is 19.9 Å². The number of benzene rings is 1. The van der Waals surface area contributed by atoms with E-state index in [1.54, 1.807) is 49.2 Å². The Morgan fingerprint density at radius 3 is 2.58 bits per heavy atom. The Labute approximate surface area is 177 Å². The molecule has 7 nitrogen and oxygen atoms in total. The lowest BCUT2D eigenvalue weighted by atomic mass is 9.95. The second-order valence-electron chi connectivity index (χ2n) is 7.32. The Balaban J connectivity index is 1.68. The van der Waals surface area contributed by atoms with E-state index in [-0.39, 0.29) is 17.9 Å². The van der Waals surface area contributed by atoms with Crippen LogP contribution >= 0.6 is 0 Å². The van der Waals surface area contributed by atoms with Gasteiger partial charge in [0, 0.05) is 54.0 Å². The lowest BCUT2D eigenvalue weighted by Crippen LogP contribution is -2.29. The summed E-state index contributed by atoms with van der Waals surface area (Å²) in [6, 6.07) is 13.8. The number of hydrogen-bond acceptors (Lipinski definition) is 5. The highest BCUT2D eigenvalue weighted by Gasteiger charge is 2.46. The highest BCUT2D eigenvalue weighted by Crippen LogP contribution is 2.41. The Hall–Kier alpha value is -4.26. The number of aromatic nitrogens is 3. The molecule has 0 saturated carbocycles. The number of amides is 1. The fourth-order valence-corrected chi connectivity index (χ4v) is 4.04. The number of aromatic amines is 1. The highest BCUT2D eigenvalue weighted by atomic mass is 16.3. The zero-order chi connectivity index (χ0) is 21.4. The molecule has 1 aliphatic rings. The van der Waals surface area contributed by atoms with Crippen LogP contribution in [-0.2, 0) is 16.1 Å². The molecule has 1 unspecified atom stereocenters. The van der Waals surface area contributed by atoms with Gasteiger partial charge >= 0.3 is 0 Å². The maximum Gasteiger partial charge on any atom is 0.295 e. The van der Waals surface area contributed by atoms with Crippen molar-refractivity contribution in [1.29, 1.82) is 0 Å². The van der Waals surface area contributed by atoms with Gasteiger partial charge in [-0.05, 0) is 35.4 Å². The van der Waals surface area contributed by atoms with E-state index in [9.17, 15) is 14.7 Å². The molecule has 5 rings (SSSR count). The van der Waals surface area contributed by atoms with Crippen LogP contribution in [0.2, 0.25) is 0 Å². The van der Waals surface area contributed by atoms with Crippen molar-refractivity contribution in [2.75, 3.05) is 0 Å². The first-order valence-electron chi connectivity index (χ1n) is 9.79. The number of Topliss-reactive ketones (excluding diaryl/α,β-unsaturated/α-hetero) is 1. The molecule has 1 fully saturated rings. The molecule has 3 aromatic heterocycles. The van der Waals surface area contributed by atoms with Crippen molar-refractivity contribution in [3.8, 4) is 0 Å². The number of pyridine rings is 2. The Morgan fingerprint density at radius 2 is 1.81 bits per heavy atom. The summed E-state index contributed by atoms with van der Waals surface area (Å²) in [7, 11) is 0. The summed E-state index contributed by atoms with van der Waals surface area (Å²) in [4.78, 5) is 38.9. The number of rotatable bonds is 4. The van der Waals surface area contributed by atoms with Crippen LogP contribution in [-0.4, -0.2) is 36.6 Å². The first-order valence-corrected chi connectivity index (χ1v) is 9.79. The summed E-state index contributed by atoms with van der Waals surface area (Å²) < 4.78 is 0. The molecular formula is C24H18N4O3. The molecule has 1 aliphatic heterocycles. The van der Waals surface area contributed by atoms with Crippen molar-refractivity contribution in [2.24, 2.45) is 0 Å². The van der Waals surface area contributed by atoms with Gasteiger partial charge < -0.3 is 15.0 Å². The van der Waals surface area contributed by atoms with E-state index in [4.69, 9.17) is 0 Å². The van der Waals surface area contributed by atoms with Gasteiger partial charge in [0.2, 0.25) is 0 Å². The number of aliphatic hydroxyl groups is 1. The Kier molecular flexibility index (Phi) is 4.55. The molecule has 1 amide bonds. The van der Waals surface area contributed by atoms with Crippen LogP contribution < -0.4 is 0 Å². The van der Waals surface area contributed by atoms with Crippen LogP contribution in [0.4, 0.5) is 0 Å². The van der Waals surface area contributed by atoms with Gasteiger partial charge in [-0.25, -0.2) is 0 Å². The van der Waals surface area contributed by atoms with Crippen LogP contribution in [0.15, 0.2) is 85.1 Å². The summed E-state index contributed by atoms with van der Waals surface area (Å²) in [5, 5.41) is 12.0. The van der Waals surface area contributed by atoms with Gasteiger partial charge in [0.15, 0.2) is 0 Å². The number of nitrogens with zero attached hydrogens (tertiary/aromatic N) is 3. The topological polar surface area (TPSA) is 99.2 Å². The average Bonchev–Trinajstić information content (AvgIpc) is 3.35. The van der Waals surface area contributed by atoms with Gasteiger partial charge in [-0.1, -0.05) is 24.3 Å². The van der Waals surface area contributed by atoms with Crippen molar-refractivity contribution in [3.63, 3.8) is 0 Å². The number of ketones is 1. The van der Waals surface area contributed by atoms with Crippen LogP contribution in [0.3, 0.4) is 0 Å². The zero-order valence-electron chi connectivity index (χ0n) is 16.4. The SMILES string of the molecule is O=C1C(=O)N(Cc2cccnc2)C(c2ccncc2)/C1=C(/O)c1c[nH]c2ccccc12. The zero-order valence-corrected chi connectivity index (χ0v) is 16.4. The van der Waals surface area contributed by atoms with E-state index in [0.717, 1.165) is 16.5 Å². The minimum absolute atomic E-state index is 0.0600. The van der Waals surface area contributed by atoms with E-state index in [1.807, 2.05) is 30.3 Å². The van der Waals surface area contributed by atoms with Crippen LogP contribution in [0.25, 0.3) is 16.7 Å². The van der Waals surface area contributed by atoms with Crippen molar-refractivity contribution < 1.29 is 14.7 Å². The molecule has 0 spiro atoms. The van der Waals surface area contributed by atoms with Crippen LogP contribution in [0, 0.1) is 0 Å².